The predicted molar refractivity (Wildman–Crippen MR) is 123 cm³/mol. The number of rotatable bonds is 6. The SMILES string of the molecule is O=C(CSc1nnc(-c2ccccc2)n1-c1ccccc1)Nc1cccc(Cl)c1Cl. The number of benzene rings is 3. The largest absolute Gasteiger partial charge is 0.324 e. The smallest absolute Gasteiger partial charge is 0.234 e. The molecule has 0 aliphatic heterocycles. The summed E-state index contributed by atoms with van der Waals surface area (Å²) in [5, 5.41) is 12.8. The summed E-state index contributed by atoms with van der Waals surface area (Å²) >= 11 is 13.5. The van der Waals surface area contributed by atoms with E-state index in [4.69, 9.17) is 23.2 Å². The van der Waals surface area contributed by atoms with E-state index < -0.39 is 0 Å². The van der Waals surface area contributed by atoms with E-state index >= 15 is 0 Å². The maximum absolute atomic E-state index is 12.5. The van der Waals surface area contributed by atoms with E-state index in [1.165, 1.54) is 11.8 Å². The number of para-hydroxylation sites is 1. The van der Waals surface area contributed by atoms with Gasteiger partial charge in [0.25, 0.3) is 0 Å². The van der Waals surface area contributed by atoms with Gasteiger partial charge in [-0.25, -0.2) is 0 Å². The number of anilines is 1. The molecule has 0 spiro atoms. The molecule has 4 rings (SSSR count). The zero-order valence-electron chi connectivity index (χ0n) is 15.6. The molecule has 30 heavy (non-hydrogen) atoms. The van der Waals surface area contributed by atoms with Crippen LogP contribution in [0, 0.1) is 0 Å². The first-order chi connectivity index (χ1) is 14.6. The molecule has 150 valence electrons. The molecule has 0 saturated heterocycles. The van der Waals surface area contributed by atoms with E-state index in [0.717, 1.165) is 11.3 Å². The van der Waals surface area contributed by atoms with E-state index in [-0.39, 0.29) is 11.7 Å². The highest BCUT2D eigenvalue weighted by atomic mass is 35.5. The third-order valence-corrected chi connectivity index (χ3v) is 5.99. The Bertz CT molecular complexity index is 1170. The van der Waals surface area contributed by atoms with Crippen molar-refractivity contribution in [2.24, 2.45) is 0 Å². The quantitative estimate of drug-likeness (QED) is 0.364. The molecule has 0 bridgehead atoms. The summed E-state index contributed by atoms with van der Waals surface area (Å²) in [6.45, 7) is 0. The molecule has 4 aromatic rings. The van der Waals surface area contributed by atoms with Gasteiger partial charge in [-0.2, -0.15) is 0 Å². The lowest BCUT2D eigenvalue weighted by Gasteiger charge is -2.11. The van der Waals surface area contributed by atoms with Crippen molar-refractivity contribution in [3.05, 3.63) is 88.9 Å². The second-order valence-corrected chi connectivity index (χ2v) is 8.01. The van der Waals surface area contributed by atoms with Gasteiger partial charge in [0.05, 0.1) is 21.5 Å². The molecule has 8 heteroatoms. The normalized spacial score (nSPS) is 10.7. The van der Waals surface area contributed by atoms with Gasteiger partial charge >= 0.3 is 0 Å². The van der Waals surface area contributed by atoms with Crippen LogP contribution < -0.4 is 5.32 Å². The molecule has 3 aromatic carbocycles. The van der Waals surface area contributed by atoms with Gasteiger partial charge in [-0.15, -0.1) is 10.2 Å². The van der Waals surface area contributed by atoms with Gasteiger partial charge in [-0.1, -0.05) is 89.6 Å². The fourth-order valence-corrected chi connectivity index (χ4v) is 3.96. The Morgan fingerprint density at radius 1 is 0.900 bits per heavy atom. The molecule has 0 aliphatic carbocycles. The Kier molecular flexibility index (Phi) is 6.38. The minimum Gasteiger partial charge on any atom is -0.324 e. The van der Waals surface area contributed by atoms with Crippen molar-refractivity contribution in [2.45, 2.75) is 5.16 Å². The van der Waals surface area contributed by atoms with Crippen LogP contribution in [-0.2, 0) is 4.79 Å². The first kappa shape index (κ1) is 20.5. The Labute approximate surface area is 188 Å². The number of hydrogen-bond acceptors (Lipinski definition) is 4. The lowest BCUT2D eigenvalue weighted by atomic mass is 10.2. The minimum atomic E-state index is -0.215. The van der Waals surface area contributed by atoms with E-state index in [1.54, 1.807) is 18.2 Å². The molecule has 1 heterocycles. The van der Waals surface area contributed by atoms with Crippen LogP contribution in [0.4, 0.5) is 5.69 Å². The highest BCUT2D eigenvalue weighted by Gasteiger charge is 2.17. The summed E-state index contributed by atoms with van der Waals surface area (Å²) in [5.41, 5.74) is 2.34. The fourth-order valence-electron chi connectivity index (χ4n) is 2.86. The third-order valence-electron chi connectivity index (χ3n) is 4.24. The number of carbonyl (C=O) groups is 1. The van der Waals surface area contributed by atoms with Crippen molar-refractivity contribution >= 4 is 46.6 Å². The molecule has 0 fully saturated rings. The van der Waals surface area contributed by atoms with Gasteiger partial charge in [0.2, 0.25) is 5.91 Å². The molecule has 0 atom stereocenters. The maximum atomic E-state index is 12.5. The Morgan fingerprint density at radius 2 is 1.60 bits per heavy atom. The lowest BCUT2D eigenvalue weighted by molar-refractivity contribution is -0.113. The number of carbonyl (C=O) groups excluding carboxylic acids is 1. The summed E-state index contributed by atoms with van der Waals surface area (Å²) in [7, 11) is 0. The van der Waals surface area contributed by atoms with Crippen LogP contribution in [0.2, 0.25) is 10.0 Å². The van der Waals surface area contributed by atoms with Gasteiger partial charge in [-0.05, 0) is 24.3 Å². The van der Waals surface area contributed by atoms with Crippen LogP contribution in [0.5, 0.6) is 0 Å². The van der Waals surface area contributed by atoms with E-state index in [0.29, 0.717) is 26.7 Å². The summed E-state index contributed by atoms with van der Waals surface area (Å²) in [4.78, 5) is 12.5. The Balaban J connectivity index is 1.58. The van der Waals surface area contributed by atoms with Crippen molar-refractivity contribution in [1.82, 2.24) is 14.8 Å². The van der Waals surface area contributed by atoms with Crippen LogP contribution >= 0.6 is 35.0 Å². The molecule has 5 nitrogen and oxygen atoms in total. The van der Waals surface area contributed by atoms with Gasteiger partial charge < -0.3 is 5.32 Å². The zero-order valence-corrected chi connectivity index (χ0v) is 18.0. The lowest BCUT2D eigenvalue weighted by Crippen LogP contribution is -2.15. The number of halogens is 2. The topological polar surface area (TPSA) is 59.8 Å². The van der Waals surface area contributed by atoms with E-state index in [1.807, 2.05) is 65.2 Å². The van der Waals surface area contributed by atoms with Crippen LogP contribution in [0.15, 0.2) is 84.0 Å². The molecule has 0 aliphatic rings. The molecule has 1 amide bonds. The van der Waals surface area contributed by atoms with Gasteiger partial charge in [-0.3, -0.25) is 9.36 Å². The summed E-state index contributed by atoms with van der Waals surface area (Å²) in [5.74, 6) is 0.637. The average molecular weight is 455 g/mol. The van der Waals surface area contributed by atoms with Crippen LogP contribution in [0.3, 0.4) is 0 Å². The first-order valence-electron chi connectivity index (χ1n) is 9.06. The summed E-state index contributed by atoms with van der Waals surface area (Å²) in [6.07, 6.45) is 0. The summed E-state index contributed by atoms with van der Waals surface area (Å²) < 4.78 is 1.94. The van der Waals surface area contributed by atoms with E-state index in [9.17, 15) is 4.79 Å². The average Bonchev–Trinajstić information content (AvgIpc) is 3.21. The molecule has 0 saturated carbocycles. The second-order valence-electron chi connectivity index (χ2n) is 6.28. The number of amides is 1. The van der Waals surface area contributed by atoms with Crippen molar-refractivity contribution in [2.75, 3.05) is 11.1 Å². The highest BCUT2D eigenvalue weighted by Crippen LogP contribution is 2.31. The van der Waals surface area contributed by atoms with Crippen molar-refractivity contribution < 1.29 is 4.79 Å². The van der Waals surface area contributed by atoms with Crippen LogP contribution in [0.25, 0.3) is 17.1 Å². The van der Waals surface area contributed by atoms with Gasteiger partial charge in [0.15, 0.2) is 11.0 Å². The van der Waals surface area contributed by atoms with Crippen LogP contribution in [0.1, 0.15) is 0 Å². The molecular formula is C22H16Cl2N4OS. The van der Waals surface area contributed by atoms with E-state index in [2.05, 4.69) is 15.5 Å². The Hall–Kier alpha value is -2.80. The third kappa shape index (κ3) is 4.51. The molecular weight excluding hydrogens is 439 g/mol. The second kappa shape index (κ2) is 9.34. The molecule has 1 N–H and O–H groups in total. The molecule has 0 radical (unpaired) electrons. The van der Waals surface area contributed by atoms with Crippen molar-refractivity contribution in [3.63, 3.8) is 0 Å². The van der Waals surface area contributed by atoms with Gasteiger partial charge in [0, 0.05) is 11.3 Å². The maximum Gasteiger partial charge on any atom is 0.234 e. The molecule has 0 unspecified atom stereocenters. The first-order valence-corrected chi connectivity index (χ1v) is 10.8. The van der Waals surface area contributed by atoms with Gasteiger partial charge in [0.1, 0.15) is 0 Å². The highest BCUT2D eigenvalue weighted by molar-refractivity contribution is 7.99. The molecule has 1 aromatic heterocycles. The number of hydrogen-bond donors (Lipinski definition) is 1. The monoisotopic (exact) mass is 454 g/mol. The minimum absolute atomic E-state index is 0.141. The number of aromatic nitrogens is 3. The van der Waals surface area contributed by atoms with Crippen molar-refractivity contribution in [3.8, 4) is 17.1 Å². The number of thioether (sulfide) groups is 1. The number of nitrogens with zero attached hydrogens (tertiary/aromatic N) is 3. The predicted octanol–water partition coefficient (Wildman–Crippen LogP) is 5.97. The van der Waals surface area contributed by atoms with Crippen molar-refractivity contribution in [1.29, 1.82) is 0 Å². The number of nitrogens with one attached hydrogen (secondary N) is 1. The summed E-state index contributed by atoms with van der Waals surface area (Å²) in [6, 6.07) is 24.7. The zero-order chi connectivity index (χ0) is 20.9. The fraction of sp³-hybridized carbons (Fsp3) is 0.0455. The van der Waals surface area contributed by atoms with Crippen LogP contribution in [-0.4, -0.2) is 26.4 Å². The standard InChI is InChI=1S/C22H16Cl2N4OS/c23-17-12-7-13-18(20(17)24)25-19(29)14-30-22-27-26-21(15-8-3-1-4-9-15)28(22)16-10-5-2-6-11-16/h1-13H,14H2,(H,25,29). The Morgan fingerprint density at radius 3 is 2.33 bits per heavy atom.